The summed E-state index contributed by atoms with van der Waals surface area (Å²) in [5, 5.41) is 21.3. The third-order valence-electron chi connectivity index (χ3n) is 9.28. The average molecular weight is 421 g/mol. The Kier molecular flexibility index (Phi) is 5.26. The van der Waals surface area contributed by atoms with E-state index in [0.717, 1.165) is 38.5 Å². The average Bonchev–Trinajstić information content (AvgIpc) is 3.02. The highest BCUT2D eigenvalue weighted by atomic mass is 16.3. The molecule has 0 aliphatic heterocycles. The first-order chi connectivity index (χ1) is 14.9. The summed E-state index contributed by atoms with van der Waals surface area (Å²) in [6, 6.07) is 8.98. The molecule has 3 heteroatoms. The molecule has 1 aromatic carbocycles. The van der Waals surface area contributed by atoms with Crippen molar-refractivity contribution >= 4 is 5.78 Å². The molecule has 166 valence electrons. The molecule has 1 aromatic rings. The molecular weight excluding hydrogens is 384 g/mol. The Morgan fingerprint density at radius 2 is 1.87 bits per heavy atom. The van der Waals surface area contributed by atoms with E-state index in [2.05, 4.69) is 38.1 Å². The van der Waals surface area contributed by atoms with Crippen LogP contribution in [0.3, 0.4) is 0 Å². The summed E-state index contributed by atoms with van der Waals surface area (Å²) in [6.07, 6.45) is 9.77. The monoisotopic (exact) mass is 420 g/mol. The molecule has 4 aliphatic carbocycles. The summed E-state index contributed by atoms with van der Waals surface area (Å²) in [7, 11) is 0. The Morgan fingerprint density at radius 1 is 1.10 bits per heavy atom. The van der Waals surface area contributed by atoms with E-state index >= 15 is 0 Å². The Bertz CT molecular complexity index is 940. The number of carbonyl (C=O) groups excluding carboxylic acids is 1. The van der Waals surface area contributed by atoms with Gasteiger partial charge in [0.05, 0.1) is 5.60 Å². The molecule has 0 spiro atoms. The number of carbonyl (C=O) groups is 1. The molecule has 2 fully saturated rings. The molecular formula is C28H36O3. The number of hydrogen-bond acceptors (Lipinski definition) is 3. The van der Waals surface area contributed by atoms with Crippen LogP contribution >= 0.6 is 0 Å². The van der Waals surface area contributed by atoms with Gasteiger partial charge in [-0.05, 0) is 92.9 Å². The SMILES string of the molecule is Cc1ccc([C@H]2C[C@]3(C)C(CC[C@]3(O)CCCO)C3CCC4=CC(=O)CCC4=C32)cc1. The summed E-state index contributed by atoms with van der Waals surface area (Å²) in [4.78, 5) is 12.1. The molecule has 4 aliphatic rings. The molecule has 0 heterocycles. The summed E-state index contributed by atoms with van der Waals surface area (Å²) < 4.78 is 0. The number of benzene rings is 1. The van der Waals surface area contributed by atoms with Gasteiger partial charge in [0.15, 0.2) is 5.78 Å². The van der Waals surface area contributed by atoms with E-state index in [4.69, 9.17) is 0 Å². The van der Waals surface area contributed by atoms with Crippen molar-refractivity contribution in [1.29, 1.82) is 0 Å². The smallest absolute Gasteiger partial charge is 0.156 e. The second-order valence-corrected chi connectivity index (χ2v) is 10.8. The lowest BCUT2D eigenvalue weighted by Crippen LogP contribution is -2.51. The van der Waals surface area contributed by atoms with E-state index in [-0.39, 0.29) is 17.8 Å². The van der Waals surface area contributed by atoms with Crippen LogP contribution in [0.4, 0.5) is 0 Å². The van der Waals surface area contributed by atoms with Crippen LogP contribution in [0.25, 0.3) is 0 Å². The summed E-state index contributed by atoms with van der Waals surface area (Å²) in [6.45, 7) is 4.61. The zero-order valence-corrected chi connectivity index (χ0v) is 19.0. The maximum atomic E-state index is 12.1. The van der Waals surface area contributed by atoms with Crippen molar-refractivity contribution in [2.45, 2.75) is 83.2 Å². The first kappa shape index (κ1) is 21.2. The van der Waals surface area contributed by atoms with Crippen molar-refractivity contribution in [1.82, 2.24) is 0 Å². The normalized spacial score (nSPS) is 37.2. The van der Waals surface area contributed by atoms with Crippen molar-refractivity contribution in [2.24, 2.45) is 17.3 Å². The van der Waals surface area contributed by atoms with Crippen LogP contribution in [-0.4, -0.2) is 28.2 Å². The van der Waals surface area contributed by atoms with Crippen LogP contribution in [0.2, 0.25) is 0 Å². The lowest BCUT2D eigenvalue weighted by molar-refractivity contribution is -0.114. The lowest BCUT2D eigenvalue weighted by Gasteiger charge is -2.55. The highest BCUT2D eigenvalue weighted by molar-refractivity contribution is 5.93. The Balaban J connectivity index is 1.64. The van der Waals surface area contributed by atoms with Crippen molar-refractivity contribution in [2.75, 3.05) is 6.61 Å². The van der Waals surface area contributed by atoms with Crippen LogP contribution < -0.4 is 0 Å². The maximum Gasteiger partial charge on any atom is 0.156 e. The second kappa shape index (κ2) is 7.71. The Morgan fingerprint density at radius 3 is 2.61 bits per heavy atom. The predicted molar refractivity (Wildman–Crippen MR) is 123 cm³/mol. The van der Waals surface area contributed by atoms with Gasteiger partial charge in [-0.1, -0.05) is 42.3 Å². The van der Waals surface area contributed by atoms with Gasteiger partial charge in [0, 0.05) is 24.4 Å². The van der Waals surface area contributed by atoms with Crippen LogP contribution in [0.15, 0.2) is 47.1 Å². The van der Waals surface area contributed by atoms with Gasteiger partial charge in [-0.15, -0.1) is 0 Å². The highest BCUT2D eigenvalue weighted by Gasteiger charge is 2.62. The number of ketones is 1. The minimum atomic E-state index is -0.696. The topological polar surface area (TPSA) is 57.5 Å². The van der Waals surface area contributed by atoms with Crippen LogP contribution in [0, 0.1) is 24.2 Å². The third kappa shape index (κ3) is 3.27. The standard InChI is InChI=1S/C28H36O3/c1-18-4-6-19(7-5-18)24-17-27(2)25(12-14-28(27,31)13-3-15-29)23-10-8-20-16-21(30)9-11-22(20)26(23)24/h4-7,16,23-25,29,31H,3,8-15,17H2,1-2H3/t23?,24-,25?,27-,28-/m1/s1. The van der Waals surface area contributed by atoms with Gasteiger partial charge < -0.3 is 10.2 Å². The molecule has 0 aromatic heterocycles. The van der Waals surface area contributed by atoms with Crippen molar-refractivity contribution in [3.05, 3.63) is 58.2 Å². The maximum absolute atomic E-state index is 12.1. The number of aryl methyl sites for hydroxylation is 1. The summed E-state index contributed by atoms with van der Waals surface area (Å²) in [5.74, 6) is 1.57. The van der Waals surface area contributed by atoms with Gasteiger partial charge in [-0.3, -0.25) is 4.79 Å². The number of aliphatic hydroxyl groups is 2. The molecule has 31 heavy (non-hydrogen) atoms. The first-order valence-corrected chi connectivity index (χ1v) is 12.2. The molecule has 2 N–H and O–H groups in total. The minimum absolute atomic E-state index is 0.141. The second-order valence-electron chi connectivity index (χ2n) is 10.8. The van der Waals surface area contributed by atoms with E-state index in [9.17, 15) is 15.0 Å². The fourth-order valence-corrected chi connectivity index (χ4v) is 7.63. The molecule has 0 saturated heterocycles. The number of rotatable bonds is 4. The number of hydrogen-bond donors (Lipinski definition) is 2. The summed E-state index contributed by atoms with van der Waals surface area (Å²) >= 11 is 0. The first-order valence-electron chi connectivity index (χ1n) is 12.2. The molecule has 0 amide bonds. The molecule has 3 nitrogen and oxygen atoms in total. The Hall–Kier alpha value is -1.71. The van der Waals surface area contributed by atoms with Crippen LogP contribution in [0.5, 0.6) is 0 Å². The van der Waals surface area contributed by atoms with Crippen LogP contribution in [-0.2, 0) is 4.79 Å². The van der Waals surface area contributed by atoms with Crippen molar-refractivity contribution in [3.63, 3.8) is 0 Å². The van der Waals surface area contributed by atoms with Crippen molar-refractivity contribution in [3.8, 4) is 0 Å². The van der Waals surface area contributed by atoms with Gasteiger partial charge >= 0.3 is 0 Å². The molecule has 2 unspecified atom stereocenters. The molecule has 0 radical (unpaired) electrons. The van der Waals surface area contributed by atoms with Crippen LogP contribution in [0.1, 0.15) is 81.8 Å². The molecule has 5 atom stereocenters. The third-order valence-corrected chi connectivity index (χ3v) is 9.28. The number of allylic oxidation sites excluding steroid dienone is 4. The van der Waals surface area contributed by atoms with E-state index < -0.39 is 5.60 Å². The molecule has 2 saturated carbocycles. The van der Waals surface area contributed by atoms with Gasteiger partial charge in [0.1, 0.15) is 0 Å². The predicted octanol–water partition coefficient (Wildman–Crippen LogP) is 5.40. The molecule has 5 rings (SSSR count). The lowest BCUT2D eigenvalue weighted by atomic mass is 9.51. The highest BCUT2D eigenvalue weighted by Crippen LogP contribution is 2.67. The van der Waals surface area contributed by atoms with Gasteiger partial charge in [-0.25, -0.2) is 0 Å². The number of aliphatic hydroxyl groups excluding tert-OH is 1. The fraction of sp³-hybridized carbons (Fsp3) is 0.607. The van der Waals surface area contributed by atoms with E-state index in [1.165, 1.54) is 22.3 Å². The van der Waals surface area contributed by atoms with E-state index in [0.29, 0.717) is 37.0 Å². The quantitative estimate of drug-likeness (QED) is 0.686. The van der Waals surface area contributed by atoms with Gasteiger partial charge in [0.25, 0.3) is 0 Å². The van der Waals surface area contributed by atoms with E-state index in [1.54, 1.807) is 5.57 Å². The fourth-order valence-electron chi connectivity index (χ4n) is 7.63. The number of fused-ring (bicyclic) bond motifs is 4. The van der Waals surface area contributed by atoms with Crippen molar-refractivity contribution < 1.29 is 15.0 Å². The van der Waals surface area contributed by atoms with E-state index in [1.807, 2.05) is 6.08 Å². The largest absolute Gasteiger partial charge is 0.396 e. The minimum Gasteiger partial charge on any atom is -0.396 e. The Labute approximate surface area is 186 Å². The zero-order chi connectivity index (χ0) is 21.8. The summed E-state index contributed by atoms with van der Waals surface area (Å²) in [5.41, 5.74) is 6.13. The zero-order valence-electron chi connectivity index (χ0n) is 19.0. The van der Waals surface area contributed by atoms with Gasteiger partial charge in [0.2, 0.25) is 0 Å². The molecule has 0 bridgehead atoms. The van der Waals surface area contributed by atoms with Gasteiger partial charge in [-0.2, -0.15) is 0 Å².